The Kier molecular flexibility index (Phi) is 4.54. The molecule has 0 saturated carbocycles. The van der Waals surface area contributed by atoms with Gasteiger partial charge in [0.15, 0.2) is 0 Å². The zero-order valence-electron chi connectivity index (χ0n) is 6.91. The SMILES string of the molecule is C=CC[C@H](C(=O)OC)[C@@H](C)O. The van der Waals surface area contributed by atoms with Gasteiger partial charge in [0.05, 0.1) is 19.1 Å². The second kappa shape index (κ2) is 4.91. The molecule has 0 spiro atoms. The van der Waals surface area contributed by atoms with E-state index in [9.17, 15) is 4.79 Å². The van der Waals surface area contributed by atoms with E-state index in [2.05, 4.69) is 11.3 Å². The Morgan fingerprint density at radius 2 is 2.36 bits per heavy atom. The van der Waals surface area contributed by atoms with Crippen LogP contribution in [0.1, 0.15) is 13.3 Å². The molecule has 0 heterocycles. The molecule has 1 N–H and O–H groups in total. The average molecular weight is 158 g/mol. The molecule has 0 aliphatic rings. The van der Waals surface area contributed by atoms with Gasteiger partial charge in [0.2, 0.25) is 0 Å². The number of hydrogen-bond donors (Lipinski definition) is 1. The first-order chi connectivity index (χ1) is 5.13. The van der Waals surface area contributed by atoms with Crippen molar-refractivity contribution in [3.05, 3.63) is 12.7 Å². The van der Waals surface area contributed by atoms with Gasteiger partial charge in [-0.2, -0.15) is 0 Å². The normalized spacial score (nSPS) is 15.2. The van der Waals surface area contributed by atoms with Gasteiger partial charge >= 0.3 is 5.97 Å². The van der Waals surface area contributed by atoms with E-state index in [0.717, 1.165) is 0 Å². The molecule has 3 heteroatoms. The fraction of sp³-hybridized carbons (Fsp3) is 0.625. The van der Waals surface area contributed by atoms with Crippen LogP contribution in [0.15, 0.2) is 12.7 Å². The Labute approximate surface area is 66.7 Å². The minimum Gasteiger partial charge on any atom is -0.469 e. The second-order valence-electron chi connectivity index (χ2n) is 2.39. The van der Waals surface area contributed by atoms with Gasteiger partial charge in [-0.3, -0.25) is 4.79 Å². The van der Waals surface area contributed by atoms with Crippen molar-refractivity contribution in [3.8, 4) is 0 Å². The van der Waals surface area contributed by atoms with Crippen molar-refractivity contribution in [2.75, 3.05) is 7.11 Å². The summed E-state index contributed by atoms with van der Waals surface area (Å²) in [5, 5.41) is 9.10. The van der Waals surface area contributed by atoms with Crippen LogP contribution in [0.25, 0.3) is 0 Å². The van der Waals surface area contributed by atoms with Gasteiger partial charge in [-0.15, -0.1) is 6.58 Å². The maximum atomic E-state index is 10.9. The number of esters is 1. The maximum Gasteiger partial charge on any atom is 0.311 e. The van der Waals surface area contributed by atoms with E-state index in [1.807, 2.05) is 0 Å². The summed E-state index contributed by atoms with van der Waals surface area (Å²) in [6.07, 6.45) is 1.36. The van der Waals surface area contributed by atoms with Crippen LogP contribution in [0.4, 0.5) is 0 Å². The molecule has 0 rings (SSSR count). The third-order valence-electron chi connectivity index (χ3n) is 1.51. The highest BCUT2D eigenvalue weighted by molar-refractivity contribution is 5.73. The fourth-order valence-electron chi connectivity index (χ4n) is 0.821. The molecule has 0 bridgehead atoms. The fourth-order valence-corrected chi connectivity index (χ4v) is 0.821. The van der Waals surface area contributed by atoms with Crippen LogP contribution in [0.2, 0.25) is 0 Å². The van der Waals surface area contributed by atoms with E-state index in [1.54, 1.807) is 13.0 Å². The predicted molar refractivity (Wildman–Crippen MR) is 42.0 cm³/mol. The summed E-state index contributed by atoms with van der Waals surface area (Å²) in [6.45, 7) is 5.04. The summed E-state index contributed by atoms with van der Waals surface area (Å²) in [5.74, 6) is -0.864. The molecule has 0 radical (unpaired) electrons. The lowest BCUT2D eigenvalue weighted by atomic mass is 10.0. The lowest BCUT2D eigenvalue weighted by Gasteiger charge is -2.14. The number of rotatable bonds is 4. The van der Waals surface area contributed by atoms with E-state index in [0.29, 0.717) is 6.42 Å². The summed E-state index contributed by atoms with van der Waals surface area (Å²) >= 11 is 0. The van der Waals surface area contributed by atoms with Crippen molar-refractivity contribution in [2.24, 2.45) is 5.92 Å². The van der Waals surface area contributed by atoms with Gasteiger partial charge in [0, 0.05) is 0 Å². The first kappa shape index (κ1) is 10.2. The van der Waals surface area contributed by atoms with Crippen molar-refractivity contribution in [2.45, 2.75) is 19.4 Å². The van der Waals surface area contributed by atoms with Gasteiger partial charge in [-0.05, 0) is 13.3 Å². The quantitative estimate of drug-likeness (QED) is 0.484. The molecular formula is C8H14O3. The van der Waals surface area contributed by atoms with E-state index in [4.69, 9.17) is 5.11 Å². The Bertz CT molecular complexity index is 140. The number of hydrogen-bond acceptors (Lipinski definition) is 3. The summed E-state index contributed by atoms with van der Waals surface area (Å²) < 4.78 is 4.48. The monoisotopic (exact) mass is 158 g/mol. The van der Waals surface area contributed by atoms with Crippen molar-refractivity contribution in [3.63, 3.8) is 0 Å². The van der Waals surface area contributed by atoms with E-state index in [-0.39, 0.29) is 5.97 Å². The lowest BCUT2D eigenvalue weighted by molar-refractivity contribution is -0.148. The molecule has 0 aromatic carbocycles. The molecule has 0 aromatic rings. The summed E-state index contributed by atoms with van der Waals surface area (Å²) in [6, 6.07) is 0. The molecule has 0 aromatic heterocycles. The highest BCUT2D eigenvalue weighted by Gasteiger charge is 2.22. The van der Waals surface area contributed by atoms with Crippen LogP contribution >= 0.6 is 0 Å². The number of aliphatic hydroxyl groups is 1. The average Bonchev–Trinajstić information content (AvgIpc) is 1.98. The molecular weight excluding hydrogens is 144 g/mol. The molecule has 0 aliphatic heterocycles. The lowest BCUT2D eigenvalue weighted by Crippen LogP contribution is -2.26. The van der Waals surface area contributed by atoms with E-state index in [1.165, 1.54) is 7.11 Å². The first-order valence-corrected chi connectivity index (χ1v) is 3.50. The Balaban J connectivity index is 4.08. The van der Waals surface area contributed by atoms with Crippen molar-refractivity contribution < 1.29 is 14.6 Å². The van der Waals surface area contributed by atoms with Crippen LogP contribution < -0.4 is 0 Å². The number of methoxy groups -OCH3 is 1. The molecule has 3 nitrogen and oxygen atoms in total. The van der Waals surface area contributed by atoms with Crippen LogP contribution in [-0.4, -0.2) is 24.3 Å². The smallest absolute Gasteiger partial charge is 0.311 e. The van der Waals surface area contributed by atoms with Crippen LogP contribution in [0.3, 0.4) is 0 Å². The van der Waals surface area contributed by atoms with E-state index < -0.39 is 12.0 Å². The largest absolute Gasteiger partial charge is 0.469 e. The minimum absolute atomic E-state index is 0.389. The molecule has 11 heavy (non-hydrogen) atoms. The van der Waals surface area contributed by atoms with Crippen molar-refractivity contribution in [1.82, 2.24) is 0 Å². The molecule has 0 unspecified atom stereocenters. The molecule has 0 aliphatic carbocycles. The number of aliphatic hydroxyl groups excluding tert-OH is 1. The number of carbonyl (C=O) groups excluding carboxylic acids is 1. The first-order valence-electron chi connectivity index (χ1n) is 3.50. The summed E-state index contributed by atoms with van der Waals surface area (Å²) in [5.41, 5.74) is 0. The summed E-state index contributed by atoms with van der Waals surface area (Å²) in [7, 11) is 1.31. The van der Waals surface area contributed by atoms with Gasteiger partial charge in [-0.25, -0.2) is 0 Å². The van der Waals surface area contributed by atoms with Gasteiger partial charge in [-0.1, -0.05) is 6.08 Å². The molecule has 0 amide bonds. The highest BCUT2D eigenvalue weighted by atomic mass is 16.5. The van der Waals surface area contributed by atoms with Gasteiger partial charge in [0.25, 0.3) is 0 Å². The Morgan fingerprint density at radius 3 is 2.64 bits per heavy atom. The highest BCUT2D eigenvalue weighted by Crippen LogP contribution is 2.10. The van der Waals surface area contributed by atoms with Crippen LogP contribution in [0.5, 0.6) is 0 Å². The third kappa shape index (κ3) is 3.18. The zero-order chi connectivity index (χ0) is 8.85. The minimum atomic E-state index is -0.680. The zero-order valence-corrected chi connectivity index (χ0v) is 6.91. The van der Waals surface area contributed by atoms with Gasteiger partial charge < -0.3 is 9.84 Å². The molecule has 64 valence electrons. The summed E-state index contributed by atoms with van der Waals surface area (Å²) in [4.78, 5) is 10.9. The van der Waals surface area contributed by atoms with Crippen LogP contribution in [0, 0.1) is 5.92 Å². The molecule has 0 saturated heterocycles. The van der Waals surface area contributed by atoms with Gasteiger partial charge in [0.1, 0.15) is 0 Å². The Morgan fingerprint density at radius 1 is 1.82 bits per heavy atom. The van der Waals surface area contributed by atoms with Crippen LogP contribution in [-0.2, 0) is 9.53 Å². The predicted octanol–water partition coefficient (Wildman–Crippen LogP) is 0.732. The molecule has 0 fully saturated rings. The molecule has 2 atom stereocenters. The number of ether oxygens (including phenoxy) is 1. The number of carbonyl (C=O) groups is 1. The Hall–Kier alpha value is -0.830. The standard InChI is InChI=1S/C8H14O3/c1-4-5-7(6(2)9)8(10)11-3/h4,6-7,9H,1,5H2,2-3H3/t6-,7+/m1/s1. The van der Waals surface area contributed by atoms with E-state index >= 15 is 0 Å². The number of allylic oxidation sites excluding steroid dienone is 1. The van der Waals surface area contributed by atoms with Crippen molar-refractivity contribution >= 4 is 5.97 Å². The van der Waals surface area contributed by atoms with Crippen molar-refractivity contribution in [1.29, 1.82) is 0 Å². The topological polar surface area (TPSA) is 46.5 Å². The third-order valence-corrected chi connectivity index (χ3v) is 1.51. The second-order valence-corrected chi connectivity index (χ2v) is 2.39. The maximum absolute atomic E-state index is 10.9.